The van der Waals surface area contributed by atoms with Crippen LogP contribution in [-0.2, 0) is 6.42 Å². The van der Waals surface area contributed by atoms with Gasteiger partial charge >= 0.3 is 272 Å². The largest absolute Gasteiger partial charge is 1.00 e. The number of nitrogens with two attached hydrogens (primary N) is 1. The average Bonchev–Trinajstić information content (AvgIpc) is 0.831. The van der Waals surface area contributed by atoms with Gasteiger partial charge in [0.2, 0.25) is 69.4 Å². The van der Waals surface area contributed by atoms with Crippen LogP contribution in [0.15, 0.2) is 223 Å². The Morgan fingerprint density at radius 3 is 0.631 bits per heavy atom. The molecule has 14 aromatic rings. The maximum atomic E-state index is 11.0. The third-order valence-electron chi connectivity index (χ3n) is 16.2. The van der Waals surface area contributed by atoms with Crippen molar-refractivity contribution in [1.82, 2.24) is 74.8 Å². The molecule has 44 nitrogen and oxygen atoms in total. The quantitative estimate of drug-likeness (QED) is 0.0177. The minimum atomic E-state index is -1.31. The summed E-state index contributed by atoms with van der Waals surface area (Å²) in [6.07, 6.45) is 0.924. The van der Waals surface area contributed by atoms with Crippen molar-refractivity contribution in [2.24, 2.45) is 0 Å². The summed E-state index contributed by atoms with van der Waals surface area (Å²) in [5.74, 6) is -8.49. The van der Waals surface area contributed by atoms with Gasteiger partial charge in [0.1, 0.15) is 11.6 Å². The molecule has 0 amide bonds. The van der Waals surface area contributed by atoms with E-state index in [1.54, 1.807) is 64.3 Å². The molecule has 0 aliphatic carbocycles. The molecular formula is C85H73Cl3N25Na9O19. The van der Waals surface area contributed by atoms with Crippen LogP contribution < -0.4 is 371 Å². The summed E-state index contributed by atoms with van der Waals surface area (Å²) in [4.78, 5) is 166. The molecule has 141 heavy (non-hydrogen) atoms. The fourth-order valence-electron chi connectivity index (χ4n) is 9.87. The van der Waals surface area contributed by atoms with Gasteiger partial charge in [-0.2, -0.15) is 64.8 Å². The molecule has 682 valence electrons. The minimum absolute atomic E-state index is 0. The number of halogens is 3. The Bertz CT molecular complexity index is 5830. The summed E-state index contributed by atoms with van der Waals surface area (Å²) >= 11 is 16.0. The molecule has 0 saturated heterocycles. The normalized spacial score (nSPS) is 9.30. The van der Waals surface area contributed by atoms with Crippen LogP contribution in [-0.4, -0.2) is 143 Å². The number of aromatic carboxylic acids is 9. The monoisotopic (exact) mass is 2060 g/mol. The van der Waals surface area contributed by atoms with E-state index in [4.69, 9.17) is 40.5 Å². The SMILES string of the molecule is C.CCc1ccc(C(=O)[O-])cc1.CNc1nc(C)[nH]c(=O)n1.CNc1nc(C)nc(Nc2ccc(C(=O)[O-])cc2)n1.Clc1nc(Cl)nc(Cl)n1.Nc1ccc(C(=O)[O-])cc1.O=C([O-])c1ccc(Nc2nc(Nc3ccc(C(=O)[O-])cc3)nc(Nc3ccc(C(=O)[O-])cc3)n2)cc1.O=C([O-])c1ccc(Nc2nc(Nc3ccc(C(=O)[O-])cc3)nc(Nc3ccc(C(=O)[O-])cc3)n2)cc1.[2HH].[2HH].[Na+].[Na+].[Na+].[Na+].[Na+].[Na+].[Na+].[Na+].[Na+]. The van der Waals surface area contributed by atoms with Crippen LogP contribution in [0.2, 0.25) is 15.9 Å². The zero-order chi connectivity index (χ0) is 95.4. The second kappa shape index (κ2) is 69.8. The van der Waals surface area contributed by atoms with Gasteiger partial charge in [0, 0.05) is 62.4 Å². The van der Waals surface area contributed by atoms with Crippen molar-refractivity contribution in [3.05, 3.63) is 312 Å². The summed E-state index contributed by atoms with van der Waals surface area (Å²) in [5, 5.41) is 123. The number of aromatic amines is 1. The van der Waals surface area contributed by atoms with Gasteiger partial charge in [-0.25, -0.2) is 9.78 Å². The van der Waals surface area contributed by atoms with Crippen LogP contribution >= 0.6 is 34.8 Å². The number of nitrogen functional groups attached to an aromatic ring is 1. The summed E-state index contributed by atoms with van der Waals surface area (Å²) < 4.78 is 0. The number of hydrogen-bond acceptors (Lipinski definition) is 43. The van der Waals surface area contributed by atoms with E-state index in [2.05, 4.69) is 123 Å². The van der Waals surface area contributed by atoms with Crippen molar-refractivity contribution in [2.75, 3.05) is 67.7 Å². The molecule has 56 heteroatoms. The zero-order valence-corrected chi connectivity index (χ0v) is 97.5. The van der Waals surface area contributed by atoms with E-state index in [-0.39, 0.29) is 384 Å². The van der Waals surface area contributed by atoms with Crippen LogP contribution in [0.25, 0.3) is 0 Å². The minimum Gasteiger partial charge on any atom is -0.545 e. The summed E-state index contributed by atoms with van der Waals surface area (Å²) in [6, 6.07) is 53.1. The zero-order valence-electron chi connectivity index (χ0n) is 77.2. The van der Waals surface area contributed by atoms with Crippen molar-refractivity contribution in [3.8, 4) is 0 Å². The number of H-pyrrole nitrogens is 1. The fraction of sp³-hybridized carbons (Fsp3) is 0.0824. The third-order valence-corrected chi connectivity index (χ3v) is 16.7. The van der Waals surface area contributed by atoms with Crippen LogP contribution in [0.3, 0.4) is 0 Å². The molecule has 0 bridgehead atoms. The number of nitrogens with zero attached hydrogens (tertiary/aromatic N) is 14. The Balaban J connectivity index is -0.000000548. The molecule has 0 atom stereocenters. The third kappa shape index (κ3) is 48.9. The van der Waals surface area contributed by atoms with Gasteiger partial charge in [0.15, 0.2) is 0 Å². The topological polar surface area (TPSA) is 709 Å². The number of benzene rings is 9. The molecule has 9 aromatic carbocycles. The van der Waals surface area contributed by atoms with Crippen LogP contribution in [0.5, 0.6) is 0 Å². The molecule has 5 heterocycles. The molecule has 0 unspecified atom stereocenters. The number of rotatable bonds is 26. The average molecular weight is 2060 g/mol. The molecule has 0 saturated carbocycles. The molecule has 0 spiro atoms. The molecule has 0 fully saturated rings. The summed E-state index contributed by atoms with van der Waals surface area (Å²) in [7, 11) is 3.38. The van der Waals surface area contributed by atoms with Gasteiger partial charge in [-0.1, -0.05) is 136 Å². The van der Waals surface area contributed by atoms with Crippen LogP contribution in [0.4, 0.5) is 99.0 Å². The van der Waals surface area contributed by atoms with Gasteiger partial charge in [-0.3, -0.25) is 4.98 Å². The Morgan fingerprint density at radius 2 is 0.447 bits per heavy atom. The maximum Gasteiger partial charge on any atom is 1.00 e. The van der Waals surface area contributed by atoms with Crippen LogP contribution in [0.1, 0.15) is 128 Å². The van der Waals surface area contributed by atoms with E-state index < -0.39 is 53.7 Å². The first-order valence-electron chi connectivity index (χ1n) is 37.2. The molecule has 0 radical (unpaired) electrons. The van der Waals surface area contributed by atoms with E-state index in [1.165, 1.54) is 182 Å². The number of anilines is 17. The maximum absolute atomic E-state index is 11.0. The Labute approximate surface area is 1020 Å². The Kier molecular flexibility index (Phi) is 67.4. The fourth-order valence-corrected chi connectivity index (χ4v) is 10.5. The van der Waals surface area contributed by atoms with E-state index in [1.807, 2.05) is 6.92 Å². The second-order valence-corrected chi connectivity index (χ2v) is 26.5. The van der Waals surface area contributed by atoms with Crippen molar-refractivity contribution in [1.29, 1.82) is 0 Å². The van der Waals surface area contributed by atoms with Gasteiger partial charge in [-0.15, -0.1) is 0 Å². The van der Waals surface area contributed by atoms with E-state index in [9.17, 15) is 93.9 Å². The molecule has 0 aliphatic rings. The first-order valence-corrected chi connectivity index (χ1v) is 38.3. The number of aromatic nitrogens is 15. The number of aryl methyl sites for hydroxylation is 3. The van der Waals surface area contributed by atoms with Crippen molar-refractivity contribution < 1.29 is 358 Å². The van der Waals surface area contributed by atoms with Gasteiger partial charge in [-0.05, 0) is 208 Å². The van der Waals surface area contributed by atoms with E-state index >= 15 is 0 Å². The Morgan fingerprint density at radius 1 is 0.277 bits per heavy atom. The molecule has 0 aliphatic heterocycles. The number of carbonyl (C=O) groups is 9. The van der Waals surface area contributed by atoms with E-state index in [0.717, 1.165) is 12.0 Å². The Hall–Kier alpha value is -9.07. The molecular weight excluding hydrogens is 1990 g/mol. The first kappa shape index (κ1) is 136. The van der Waals surface area contributed by atoms with Crippen molar-refractivity contribution in [2.45, 2.75) is 34.6 Å². The molecule has 14 rings (SSSR count). The number of hydrogen-bond donors (Lipinski definition) is 11. The summed E-state index contributed by atoms with van der Waals surface area (Å²) in [5.41, 5.74) is 10.7. The predicted molar refractivity (Wildman–Crippen MR) is 470 cm³/mol. The number of carbonyl (C=O) groups excluding carboxylic acids is 9. The number of nitrogens with one attached hydrogen (secondary N) is 10. The molecule has 5 aromatic heterocycles. The van der Waals surface area contributed by atoms with Gasteiger partial charge < -0.3 is 143 Å². The smallest absolute Gasteiger partial charge is 0.545 e. The number of carboxylic acid groups (broad SMARTS) is 9. The standard InChI is InChI=1S/2C24H18N6O6.C12H13N5O2.C9H10O2.C7H7NO2.C5H8N4O.C3Cl3N3.CH4.9Na.2H2/c2*31-19(32)13-1-7-16(8-2-13)25-22-28-23(26-17-9-3-14(4-10-17)20(33)34)30-24(29-22)27-18-11-5-15(6-12-18)21(35)36;1-7-14-11(13-2)17-12(15-7)16-9-5-3-8(4-6-9)10(18)19;1-2-7-3-5-8(6-4-7)9(10)11;8-6-3-1-5(2-4-6)7(9)10;1-3-7-4(6-2)9-5(10)8-3;4-1-7-2(5)9-3(6)8-1;;;;;;;;;;;;/h2*1-12H,(H,31,32)(H,33,34)(H,35,36)(H3,25,26,27,28,29,30);3-6H,1-2H3,(H,18,19)(H2,13,14,15,16,17);3-6H,2H2,1H3,(H,10,11);1-4H,8H2,(H,9,10);1-2H3,(H2,6,7,8,9,10);;1H4;;;;;;;;;;2*1H/q;;;;;;;;9*+1;;/p-9/i;;;;;;;;;;;;;;;;;2*1+1. The number of carboxylic acids is 9. The summed E-state index contributed by atoms with van der Waals surface area (Å²) in [6.45, 7) is 5.48. The van der Waals surface area contributed by atoms with Crippen LogP contribution in [0, 0.1) is 13.8 Å². The predicted octanol–water partition coefficient (Wildman–Crippen LogP) is -23.5. The second-order valence-electron chi connectivity index (χ2n) is 25.5. The van der Waals surface area contributed by atoms with Gasteiger partial charge in [0.25, 0.3) is 0 Å². The molecule has 12 N–H and O–H groups in total. The van der Waals surface area contributed by atoms with Crippen molar-refractivity contribution in [3.63, 3.8) is 0 Å². The van der Waals surface area contributed by atoms with Gasteiger partial charge in [0.05, 0.1) is 53.7 Å². The van der Waals surface area contributed by atoms with E-state index in [0.29, 0.717) is 75.0 Å². The first-order chi connectivity index (χ1) is 62.4. The van der Waals surface area contributed by atoms with Crippen molar-refractivity contribution >= 4 is 188 Å².